The van der Waals surface area contributed by atoms with Crippen LogP contribution < -0.4 is 10.6 Å². The summed E-state index contributed by atoms with van der Waals surface area (Å²) in [4.78, 5) is 12.2. The van der Waals surface area contributed by atoms with Crippen molar-refractivity contribution in [2.45, 2.75) is 57.0 Å². The molecule has 2 fully saturated rings. The van der Waals surface area contributed by atoms with Gasteiger partial charge in [-0.3, -0.25) is 0 Å². The first-order chi connectivity index (χ1) is 10.2. The second-order valence-electron chi connectivity index (χ2n) is 6.32. The first-order valence-corrected chi connectivity index (χ1v) is 8.05. The zero-order valence-corrected chi connectivity index (χ0v) is 12.3. The van der Waals surface area contributed by atoms with Crippen LogP contribution in [0.15, 0.2) is 24.3 Å². The molecule has 0 heterocycles. The third kappa shape index (κ3) is 3.55. The summed E-state index contributed by atoms with van der Waals surface area (Å²) in [6, 6.07) is 6.75. The summed E-state index contributed by atoms with van der Waals surface area (Å²) in [5.41, 5.74) is 1.00. The lowest BCUT2D eigenvalue weighted by molar-refractivity contribution is 0.205. The molecule has 4 heteroatoms. The van der Waals surface area contributed by atoms with E-state index in [1.165, 1.54) is 31.4 Å². The lowest BCUT2D eigenvalue weighted by atomic mass is 9.77. The van der Waals surface area contributed by atoms with Crippen LogP contribution in [0.5, 0.6) is 0 Å². The van der Waals surface area contributed by atoms with Crippen LogP contribution in [0.2, 0.25) is 0 Å². The maximum Gasteiger partial charge on any atom is 0.315 e. The molecule has 3 nitrogen and oxygen atoms in total. The van der Waals surface area contributed by atoms with Crippen LogP contribution in [0, 0.1) is 11.7 Å². The predicted molar refractivity (Wildman–Crippen MR) is 80.4 cm³/mol. The number of hydrogen-bond acceptors (Lipinski definition) is 1. The molecule has 0 saturated heterocycles. The summed E-state index contributed by atoms with van der Waals surface area (Å²) >= 11 is 0. The Morgan fingerprint density at radius 3 is 2.29 bits per heavy atom. The molecule has 0 radical (unpaired) electrons. The standard InChI is InChI=1S/C17H23FN2O/c18-14-10-8-13(9-11-14)16(12-4-3-5-12)20-17(21)19-15-6-1-2-7-15/h8-12,15-16H,1-7H2,(H2,19,20,21). The van der Waals surface area contributed by atoms with Crippen LogP contribution in [-0.4, -0.2) is 12.1 Å². The highest BCUT2D eigenvalue weighted by Crippen LogP contribution is 2.37. The van der Waals surface area contributed by atoms with E-state index in [4.69, 9.17) is 0 Å². The first kappa shape index (κ1) is 14.4. The summed E-state index contributed by atoms with van der Waals surface area (Å²) in [5.74, 6) is 0.242. The maximum atomic E-state index is 13.1. The topological polar surface area (TPSA) is 41.1 Å². The third-order valence-electron chi connectivity index (χ3n) is 4.83. The molecule has 2 amide bonds. The zero-order valence-electron chi connectivity index (χ0n) is 12.3. The van der Waals surface area contributed by atoms with E-state index in [9.17, 15) is 9.18 Å². The van der Waals surface area contributed by atoms with Crippen molar-refractivity contribution >= 4 is 6.03 Å². The molecule has 0 bridgehead atoms. The van der Waals surface area contributed by atoms with Crippen LogP contribution in [0.1, 0.15) is 56.6 Å². The lowest BCUT2D eigenvalue weighted by Crippen LogP contribution is -2.45. The molecular weight excluding hydrogens is 267 g/mol. The van der Waals surface area contributed by atoms with Gasteiger partial charge in [0.15, 0.2) is 0 Å². The second kappa shape index (κ2) is 6.46. The number of rotatable bonds is 4. The molecule has 21 heavy (non-hydrogen) atoms. The Morgan fingerprint density at radius 2 is 1.71 bits per heavy atom. The Balaban J connectivity index is 1.64. The Morgan fingerprint density at radius 1 is 1.05 bits per heavy atom. The Bertz CT molecular complexity index is 478. The Kier molecular flexibility index (Phi) is 4.42. The zero-order chi connectivity index (χ0) is 14.7. The molecular formula is C17H23FN2O. The molecule has 2 saturated carbocycles. The molecule has 2 aliphatic carbocycles. The van der Waals surface area contributed by atoms with Gasteiger partial charge in [-0.25, -0.2) is 9.18 Å². The van der Waals surface area contributed by atoms with E-state index in [0.717, 1.165) is 31.2 Å². The Labute approximate surface area is 125 Å². The summed E-state index contributed by atoms with van der Waals surface area (Å²) in [5, 5.41) is 6.18. The van der Waals surface area contributed by atoms with Gasteiger partial charge in [0.25, 0.3) is 0 Å². The molecule has 114 valence electrons. The van der Waals surface area contributed by atoms with Gasteiger partial charge >= 0.3 is 6.03 Å². The molecule has 0 spiro atoms. The van der Waals surface area contributed by atoms with Crippen molar-refractivity contribution in [1.29, 1.82) is 0 Å². The van der Waals surface area contributed by atoms with Crippen LogP contribution in [0.4, 0.5) is 9.18 Å². The number of carbonyl (C=O) groups excluding carboxylic acids is 1. The highest BCUT2D eigenvalue weighted by Gasteiger charge is 2.30. The van der Waals surface area contributed by atoms with Gasteiger partial charge in [0.2, 0.25) is 0 Å². The van der Waals surface area contributed by atoms with Gasteiger partial charge in [0.1, 0.15) is 5.82 Å². The van der Waals surface area contributed by atoms with Crippen LogP contribution in [0.3, 0.4) is 0 Å². The van der Waals surface area contributed by atoms with E-state index >= 15 is 0 Å². The first-order valence-electron chi connectivity index (χ1n) is 8.05. The number of carbonyl (C=O) groups is 1. The van der Waals surface area contributed by atoms with E-state index < -0.39 is 0 Å². The van der Waals surface area contributed by atoms with Gasteiger partial charge in [-0.1, -0.05) is 31.4 Å². The molecule has 0 aliphatic heterocycles. The van der Waals surface area contributed by atoms with E-state index in [1.807, 2.05) is 0 Å². The van der Waals surface area contributed by atoms with Gasteiger partial charge in [0.05, 0.1) is 6.04 Å². The van der Waals surface area contributed by atoms with Crippen molar-refractivity contribution in [2.24, 2.45) is 5.92 Å². The van der Waals surface area contributed by atoms with Gasteiger partial charge in [0, 0.05) is 6.04 Å². The molecule has 2 N–H and O–H groups in total. The van der Waals surface area contributed by atoms with Crippen LogP contribution in [0.25, 0.3) is 0 Å². The van der Waals surface area contributed by atoms with Crippen molar-refractivity contribution in [3.05, 3.63) is 35.6 Å². The largest absolute Gasteiger partial charge is 0.335 e. The van der Waals surface area contributed by atoms with Gasteiger partial charge in [-0.05, 0) is 49.3 Å². The van der Waals surface area contributed by atoms with E-state index in [-0.39, 0.29) is 17.9 Å². The number of benzene rings is 1. The van der Waals surface area contributed by atoms with Crippen molar-refractivity contribution in [2.75, 3.05) is 0 Å². The van der Waals surface area contributed by atoms with Gasteiger partial charge in [-0.2, -0.15) is 0 Å². The third-order valence-corrected chi connectivity index (χ3v) is 4.83. The summed E-state index contributed by atoms with van der Waals surface area (Å²) in [6.07, 6.45) is 8.05. The van der Waals surface area contributed by atoms with Gasteiger partial charge < -0.3 is 10.6 Å². The van der Waals surface area contributed by atoms with Crippen molar-refractivity contribution in [1.82, 2.24) is 10.6 Å². The monoisotopic (exact) mass is 290 g/mol. The smallest absolute Gasteiger partial charge is 0.315 e. The fourth-order valence-electron chi connectivity index (χ4n) is 3.36. The average molecular weight is 290 g/mol. The van der Waals surface area contributed by atoms with Crippen molar-refractivity contribution in [3.8, 4) is 0 Å². The van der Waals surface area contributed by atoms with E-state index in [0.29, 0.717) is 12.0 Å². The summed E-state index contributed by atoms with van der Waals surface area (Å²) in [6.45, 7) is 0. The quantitative estimate of drug-likeness (QED) is 0.867. The van der Waals surface area contributed by atoms with Crippen molar-refractivity contribution < 1.29 is 9.18 Å². The Hall–Kier alpha value is -1.58. The average Bonchev–Trinajstić information content (AvgIpc) is 2.89. The molecule has 2 aliphatic rings. The molecule has 1 atom stereocenters. The maximum absolute atomic E-state index is 13.1. The fourth-order valence-corrected chi connectivity index (χ4v) is 3.36. The molecule has 3 rings (SSSR count). The van der Waals surface area contributed by atoms with Gasteiger partial charge in [-0.15, -0.1) is 0 Å². The van der Waals surface area contributed by atoms with Crippen LogP contribution >= 0.6 is 0 Å². The lowest BCUT2D eigenvalue weighted by Gasteiger charge is -2.35. The van der Waals surface area contributed by atoms with Crippen LogP contribution in [-0.2, 0) is 0 Å². The fraction of sp³-hybridized carbons (Fsp3) is 0.588. The number of urea groups is 1. The molecule has 1 aromatic rings. The number of amides is 2. The minimum Gasteiger partial charge on any atom is -0.335 e. The summed E-state index contributed by atoms with van der Waals surface area (Å²) < 4.78 is 13.1. The molecule has 1 aromatic carbocycles. The number of nitrogens with one attached hydrogen (secondary N) is 2. The SMILES string of the molecule is O=C(NC1CCCC1)NC(c1ccc(F)cc1)C1CCC1. The highest BCUT2D eigenvalue weighted by atomic mass is 19.1. The number of halogens is 1. The second-order valence-corrected chi connectivity index (χ2v) is 6.32. The van der Waals surface area contributed by atoms with Crippen molar-refractivity contribution in [3.63, 3.8) is 0 Å². The normalized spacial score (nSPS) is 20.8. The number of hydrogen-bond donors (Lipinski definition) is 2. The van der Waals surface area contributed by atoms with E-state index in [2.05, 4.69) is 10.6 Å². The molecule has 1 unspecified atom stereocenters. The highest BCUT2D eigenvalue weighted by molar-refractivity contribution is 5.74. The predicted octanol–water partition coefficient (Wildman–Crippen LogP) is 3.91. The summed E-state index contributed by atoms with van der Waals surface area (Å²) in [7, 11) is 0. The minimum atomic E-state index is -0.235. The van der Waals surface area contributed by atoms with E-state index in [1.54, 1.807) is 12.1 Å². The minimum absolute atomic E-state index is 0.000697. The molecule has 0 aromatic heterocycles.